The lowest BCUT2D eigenvalue weighted by Crippen LogP contribution is -2.32. The fraction of sp³-hybridized carbons (Fsp3) is 0.231. The average molecular weight is 227 g/mol. The van der Waals surface area contributed by atoms with E-state index in [0.29, 0.717) is 17.9 Å². The molecule has 1 aromatic carbocycles. The third kappa shape index (κ3) is 1.62. The normalized spacial score (nSPS) is 19.1. The van der Waals surface area contributed by atoms with E-state index in [1.807, 2.05) is 31.2 Å². The van der Waals surface area contributed by atoms with Crippen molar-refractivity contribution in [3.8, 4) is 0 Å². The van der Waals surface area contributed by atoms with Crippen molar-refractivity contribution in [3.05, 3.63) is 36.0 Å². The predicted octanol–water partition coefficient (Wildman–Crippen LogP) is 1.74. The molecular weight excluding hydrogens is 214 g/mol. The Hall–Kier alpha value is -2.10. The number of rotatable bonds is 2. The van der Waals surface area contributed by atoms with Gasteiger partial charge in [0.15, 0.2) is 5.84 Å². The largest absolute Gasteiger partial charge is 0.363 e. The highest BCUT2D eigenvalue weighted by molar-refractivity contribution is 6.47. The Morgan fingerprint density at radius 3 is 3.00 bits per heavy atom. The maximum absolute atomic E-state index is 12.3. The van der Waals surface area contributed by atoms with Crippen molar-refractivity contribution < 1.29 is 4.79 Å². The van der Waals surface area contributed by atoms with Crippen molar-refractivity contribution in [2.75, 3.05) is 6.54 Å². The highest BCUT2D eigenvalue weighted by atomic mass is 16.1. The van der Waals surface area contributed by atoms with Crippen LogP contribution in [0.5, 0.6) is 0 Å². The Balaban J connectivity index is 2.02. The average Bonchev–Trinajstić information content (AvgIpc) is 2.94. The summed E-state index contributed by atoms with van der Waals surface area (Å²) >= 11 is 0. The number of ketones is 1. The highest BCUT2D eigenvalue weighted by Crippen LogP contribution is 2.18. The fourth-order valence-electron chi connectivity index (χ4n) is 2.08. The molecule has 86 valence electrons. The molecule has 0 saturated heterocycles. The first kappa shape index (κ1) is 10.1. The number of fused-ring (bicyclic) bond motifs is 1. The topological polar surface area (TPSA) is 57.2 Å². The molecule has 0 fully saturated rings. The number of aliphatic imine (C=N–C) groups is 1. The number of nitrogens with zero attached hydrogens (tertiary/aromatic N) is 1. The van der Waals surface area contributed by atoms with Gasteiger partial charge in [-0.1, -0.05) is 18.2 Å². The van der Waals surface area contributed by atoms with Crippen molar-refractivity contribution in [1.29, 1.82) is 0 Å². The Morgan fingerprint density at radius 1 is 1.41 bits per heavy atom. The van der Waals surface area contributed by atoms with Gasteiger partial charge in [-0.25, -0.2) is 0 Å². The van der Waals surface area contributed by atoms with Gasteiger partial charge in [-0.2, -0.15) is 0 Å². The van der Waals surface area contributed by atoms with Gasteiger partial charge in [-0.3, -0.25) is 9.79 Å². The van der Waals surface area contributed by atoms with Crippen molar-refractivity contribution in [3.63, 3.8) is 0 Å². The molecule has 2 heterocycles. The van der Waals surface area contributed by atoms with Crippen LogP contribution in [-0.2, 0) is 0 Å². The Kier molecular flexibility index (Phi) is 2.21. The minimum Gasteiger partial charge on any atom is -0.363 e. The van der Waals surface area contributed by atoms with Crippen LogP contribution in [0, 0.1) is 0 Å². The van der Waals surface area contributed by atoms with E-state index in [1.165, 1.54) is 0 Å². The van der Waals surface area contributed by atoms with Crippen LogP contribution in [0.3, 0.4) is 0 Å². The number of Topliss-reactive ketones (excluding diaryl/α,β-unsaturated/α-hetero) is 1. The maximum Gasteiger partial charge on any atom is 0.229 e. The van der Waals surface area contributed by atoms with Crippen molar-refractivity contribution in [2.24, 2.45) is 4.99 Å². The SMILES string of the molecule is CC1CN=C(C(=O)c2c[nH]c3ccccc23)N1. The minimum absolute atomic E-state index is 0.0354. The second-order valence-corrected chi connectivity index (χ2v) is 4.31. The summed E-state index contributed by atoms with van der Waals surface area (Å²) in [4.78, 5) is 19.6. The van der Waals surface area contributed by atoms with Crippen molar-refractivity contribution >= 4 is 22.5 Å². The van der Waals surface area contributed by atoms with Gasteiger partial charge in [0.25, 0.3) is 0 Å². The molecule has 2 aromatic rings. The minimum atomic E-state index is -0.0354. The molecule has 0 amide bonds. The van der Waals surface area contributed by atoms with Gasteiger partial charge in [-0.05, 0) is 13.0 Å². The first-order chi connectivity index (χ1) is 8.25. The molecule has 2 N–H and O–H groups in total. The molecule has 0 aliphatic carbocycles. The van der Waals surface area contributed by atoms with Crippen LogP contribution in [0.15, 0.2) is 35.5 Å². The number of hydrogen-bond donors (Lipinski definition) is 2. The molecule has 1 atom stereocenters. The lowest BCUT2D eigenvalue weighted by Gasteiger charge is -2.03. The number of hydrogen-bond acceptors (Lipinski definition) is 3. The van der Waals surface area contributed by atoms with E-state index in [-0.39, 0.29) is 11.8 Å². The number of aromatic nitrogens is 1. The summed E-state index contributed by atoms with van der Waals surface area (Å²) in [5.41, 5.74) is 1.66. The van der Waals surface area contributed by atoms with E-state index in [4.69, 9.17) is 0 Å². The van der Waals surface area contributed by atoms with Gasteiger partial charge < -0.3 is 10.3 Å². The van der Waals surface area contributed by atoms with Gasteiger partial charge in [0, 0.05) is 23.1 Å². The third-order valence-electron chi connectivity index (χ3n) is 2.96. The Morgan fingerprint density at radius 2 is 2.24 bits per heavy atom. The van der Waals surface area contributed by atoms with Gasteiger partial charge in [0.1, 0.15) is 0 Å². The number of aromatic amines is 1. The zero-order valence-corrected chi connectivity index (χ0v) is 9.53. The van der Waals surface area contributed by atoms with E-state index in [1.54, 1.807) is 6.20 Å². The van der Waals surface area contributed by atoms with Gasteiger partial charge >= 0.3 is 0 Å². The number of para-hydroxylation sites is 1. The molecule has 1 aliphatic heterocycles. The molecule has 3 rings (SSSR count). The van der Waals surface area contributed by atoms with Gasteiger partial charge in [0.05, 0.1) is 12.1 Å². The predicted molar refractivity (Wildman–Crippen MR) is 67.5 cm³/mol. The lowest BCUT2D eigenvalue weighted by atomic mass is 10.1. The molecule has 4 heteroatoms. The number of amidine groups is 1. The quantitative estimate of drug-likeness (QED) is 0.768. The van der Waals surface area contributed by atoms with Crippen LogP contribution < -0.4 is 5.32 Å². The summed E-state index contributed by atoms with van der Waals surface area (Å²) in [5.74, 6) is 0.439. The third-order valence-corrected chi connectivity index (χ3v) is 2.96. The van der Waals surface area contributed by atoms with E-state index in [9.17, 15) is 4.79 Å². The molecule has 0 spiro atoms. The van der Waals surface area contributed by atoms with Crippen LogP contribution >= 0.6 is 0 Å². The molecule has 0 radical (unpaired) electrons. The Bertz CT molecular complexity index is 612. The van der Waals surface area contributed by atoms with Crippen molar-refractivity contribution in [2.45, 2.75) is 13.0 Å². The zero-order chi connectivity index (χ0) is 11.8. The molecule has 1 unspecified atom stereocenters. The summed E-state index contributed by atoms with van der Waals surface area (Å²) in [5, 5.41) is 4.04. The van der Waals surface area contributed by atoms with Crippen LogP contribution in [0.2, 0.25) is 0 Å². The molecule has 0 saturated carbocycles. The summed E-state index contributed by atoms with van der Waals surface area (Å²) in [7, 11) is 0. The summed E-state index contributed by atoms with van der Waals surface area (Å²) < 4.78 is 0. The molecule has 1 aromatic heterocycles. The van der Waals surface area contributed by atoms with E-state index < -0.39 is 0 Å². The first-order valence-electron chi connectivity index (χ1n) is 5.67. The van der Waals surface area contributed by atoms with Crippen LogP contribution in [0.1, 0.15) is 17.3 Å². The molecule has 17 heavy (non-hydrogen) atoms. The van der Waals surface area contributed by atoms with Crippen LogP contribution in [0.4, 0.5) is 0 Å². The second-order valence-electron chi connectivity index (χ2n) is 4.31. The van der Waals surface area contributed by atoms with Crippen LogP contribution in [0.25, 0.3) is 10.9 Å². The van der Waals surface area contributed by atoms with E-state index in [0.717, 1.165) is 10.9 Å². The Labute approximate surface area is 98.7 Å². The number of carbonyl (C=O) groups is 1. The zero-order valence-electron chi connectivity index (χ0n) is 9.53. The number of H-pyrrole nitrogens is 1. The van der Waals surface area contributed by atoms with Crippen LogP contribution in [-0.4, -0.2) is 29.2 Å². The number of nitrogens with one attached hydrogen (secondary N) is 2. The molecule has 1 aliphatic rings. The second kappa shape index (κ2) is 3.73. The number of carbonyl (C=O) groups excluding carboxylic acids is 1. The smallest absolute Gasteiger partial charge is 0.229 e. The first-order valence-corrected chi connectivity index (χ1v) is 5.67. The standard InChI is InChI=1S/C13H13N3O/c1-8-6-15-13(16-8)12(17)10-7-14-11-5-3-2-4-9(10)11/h2-5,7-8,14H,6H2,1H3,(H,15,16). The van der Waals surface area contributed by atoms with Gasteiger partial charge in [0.2, 0.25) is 5.78 Å². The summed E-state index contributed by atoms with van der Waals surface area (Å²) in [6, 6.07) is 8.02. The van der Waals surface area contributed by atoms with Crippen molar-refractivity contribution in [1.82, 2.24) is 10.3 Å². The molecule has 0 bridgehead atoms. The molecule has 4 nitrogen and oxygen atoms in total. The number of benzene rings is 1. The monoisotopic (exact) mass is 227 g/mol. The van der Waals surface area contributed by atoms with Gasteiger partial charge in [-0.15, -0.1) is 0 Å². The summed E-state index contributed by atoms with van der Waals surface area (Å²) in [6.45, 7) is 2.68. The van der Waals surface area contributed by atoms with E-state index in [2.05, 4.69) is 15.3 Å². The highest BCUT2D eigenvalue weighted by Gasteiger charge is 2.22. The maximum atomic E-state index is 12.3. The molecular formula is C13H13N3O. The fourth-order valence-corrected chi connectivity index (χ4v) is 2.08. The van der Waals surface area contributed by atoms with E-state index >= 15 is 0 Å². The lowest BCUT2D eigenvalue weighted by molar-refractivity contribution is 0.106. The summed E-state index contributed by atoms with van der Waals surface area (Å²) in [6.07, 6.45) is 1.75.